The summed E-state index contributed by atoms with van der Waals surface area (Å²) in [6.07, 6.45) is 0.140. The van der Waals surface area contributed by atoms with E-state index in [-0.39, 0.29) is 23.8 Å². The fourth-order valence-corrected chi connectivity index (χ4v) is 3.50. The first-order valence-corrected chi connectivity index (χ1v) is 9.73. The summed E-state index contributed by atoms with van der Waals surface area (Å²) >= 11 is 0. The predicted molar refractivity (Wildman–Crippen MR) is 114 cm³/mol. The molecule has 1 N–H and O–H groups in total. The highest BCUT2D eigenvalue weighted by molar-refractivity contribution is 6.05. The molecule has 5 nitrogen and oxygen atoms in total. The monoisotopic (exact) mass is 399 g/mol. The standard InChI is InChI=1S/C25H21NO4/c1-15-3-5-18(6-4-15)23-14-20-13-19(9-12-22(20)25(29)30-23)24(28)26-21-10-7-17(8-11-21)16(2)27/h3-13,23H,14H2,1-2H3,(H,26,28). The molecule has 0 spiro atoms. The van der Waals surface area contributed by atoms with Gasteiger partial charge in [0, 0.05) is 23.2 Å². The number of ketones is 1. The number of ether oxygens (including phenoxy) is 1. The molecule has 1 heterocycles. The predicted octanol–water partition coefficient (Wildman–Crippen LogP) is 4.90. The van der Waals surface area contributed by atoms with Gasteiger partial charge in [0.1, 0.15) is 6.10 Å². The molecule has 1 aliphatic heterocycles. The van der Waals surface area contributed by atoms with Crippen molar-refractivity contribution >= 4 is 23.3 Å². The summed E-state index contributed by atoms with van der Waals surface area (Å²) in [6.45, 7) is 3.50. The summed E-state index contributed by atoms with van der Waals surface area (Å²) in [7, 11) is 0. The van der Waals surface area contributed by atoms with E-state index in [9.17, 15) is 14.4 Å². The van der Waals surface area contributed by atoms with Crippen molar-refractivity contribution in [3.05, 3.63) is 100 Å². The molecule has 0 bridgehead atoms. The molecule has 0 fully saturated rings. The number of cyclic esters (lactones) is 1. The number of benzene rings is 3. The molecule has 30 heavy (non-hydrogen) atoms. The Morgan fingerprint density at radius 2 is 1.60 bits per heavy atom. The van der Waals surface area contributed by atoms with Crippen LogP contribution in [0.1, 0.15) is 60.8 Å². The van der Waals surface area contributed by atoms with Crippen molar-refractivity contribution in [3.8, 4) is 0 Å². The number of nitrogens with one attached hydrogen (secondary N) is 1. The maximum Gasteiger partial charge on any atom is 0.339 e. The van der Waals surface area contributed by atoms with Gasteiger partial charge in [-0.25, -0.2) is 4.79 Å². The third kappa shape index (κ3) is 4.01. The van der Waals surface area contributed by atoms with Crippen LogP contribution >= 0.6 is 0 Å². The lowest BCUT2D eigenvalue weighted by Crippen LogP contribution is -2.23. The third-order valence-corrected chi connectivity index (χ3v) is 5.24. The summed E-state index contributed by atoms with van der Waals surface area (Å²) in [5.41, 5.74) is 4.98. The Bertz CT molecular complexity index is 1130. The smallest absolute Gasteiger partial charge is 0.339 e. The van der Waals surface area contributed by atoms with E-state index in [2.05, 4.69) is 5.32 Å². The normalized spacial score (nSPS) is 15.1. The van der Waals surface area contributed by atoms with Crippen LogP contribution in [0.3, 0.4) is 0 Å². The van der Waals surface area contributed by atoms with Crippen LogP contribution in [0.4, 0.5) is 5.69 Å². The van der Waals surface area contributed by atoms with E-state index in [1.54, 1.807) is 42.5 Å². The molecule has 5 heteroatoms. The van der Waals surface area contributed by atoms with Gasteiger partial charge in [0.15, 0.2) is 5.78 Å². The number of amides is 1. The molecule has 1 atom stereocenters. The zero-order valence-corrected chi connectivity index (χ0v) is 16.8. The third-order valence-electron chi connectivity index (χ3n) is 5.24. The van der Waals surface area contributed by atoms with E-state index in [1.807, 2.05) is 31.2 Å². The largest absolute Gasteiger partial charge is 0.454 e. The second-order valence-electron chi connectivity index (χ2n) is 7.47. The van der Waals surface area contributed by atoms with E-state index in [0.717, 1.165) is 16.7 Å². The number of anilines is 1. The van der Waals surface area contributed by atoms with Gasteiger partial charge in [0.2, 0.25) is 0 Å². The minimum atomic E-state index is -0.381. The fourth-order valence-electron chi connectivity index (χ4n) is 3.50. The van der Waals surface area contributed by atoms with Gasteiger partial charge in [-0.15, -0.1) is 0 Å². The highest BCUT2D eigenvalue weighted by Gasteiger charge is 2.28. The van der Waals surface area contributed by atoms with Crippen LogP contribution < -0.4 is 5.32 Å². The molecule has 3 aromatic rings. The Balaban J connectivity index is 1.54. The lowest BCUT2D eigenvalue weighted by Gasteiger charge is -2.25. The molecule has 0 radical (unpaired) electrons. The zero-order valence-electron chi connectivity index (χ0n) is 16.8. The molecule has 3 aromatic carbocycles. The zero-order chi connectivity index (χ0) is 21.3. The van der Waals surface area contributed by atoms with Gasteiger partial charge >= 0.3 is 5.97 Å². The van der Waals surface area contributed by atoms with Gasteiger partial charge < -0.3 is 10.1 Å². The van der Waals surface area contributed by atoms with E-state index in [0.29, 0.717) is 28.8 Å². The van der Waals surface area contributed by atoms with Gasteiger partial charge in [-0.05, 0) is 67.4 Å². The van der Waals surface area contributed by atoms with Crippen molar-refractivity contribution in [2.45, 2.75) is 26.4 Å². The fraction of sp³-hybridized carbons (Fsp3) is 0.160. The first kappa shape index (κ1) is 19.6. The van der Waals surface area contributed by atoms with Crippen LogP contribution in [0.15, 0.2) is 66.7 Å². The van der Waals surface area contributed by atoms with Crippen LogP contribution in [0.5, 0.6) is 0 Å². The molecule has 4 rings (SSSR count). The number of hydrogen-bond acceptors (Lipinski definition) is 4. The minimum absolute atomic E-state index is 0.0300. The van der Waals surface area contributed by atoms with Gasteiger partial charge in [0.25, 0.3) is 5.91 Å². The second kappa shape index (κ2) is 7.95. The maximum absolute atomic E-state index is 12.7. The summed E-state index contributed by atoms with van der Waals surface area (Å²) in [4.78, 5) is 36.5. The van der Waals surface area contributed by atoms with Gasteiger partial charge in [-0.3, -0.25) is 9.59 Å². The van der Waals surface area contributed by atoms with E-state index >= 15 is 0 Å². The number of fused-ring (bicyclic) bond motifs is 1. The Labute approximate surface area is 174 Å². The van der Waals surface area contributed by atoms with E-state index < -0.39 is 0 Å². The Morgan fingerprint density at radius 3 is 2.27 bits per heavy atom. The molecule has 1 unspecified atom stereocenters. The Hall–Kier alpha value is -3.73. The SMILES string of the molecule is CC(=O)c1ccc(NC(=O)c2ccc3c(c2)CC(c2ccc(C)cc2)OC3=O)cc1. The summed E-state index contributed by atoms with van der Waals surface area (Å²) in [5, 5.41) is 2.83. The topological polar surface area (TPSA) is 72.5 Å². The van der Waals surface area contributed by atoms with Gasteiger partial charge in [-0.2, -0.15) is 0 Å². The molecule has 0 aliphatic carbocycles. The van der Waals surface area contributed by atoms with E-state index in [4.69, 9.17) is 4.74 Å². The molecule has 1 amide bonds. The highest BCUT2D eigenvalue weighted by atomic mass is 16.5. The second-order valence-corrected chi connectivity index (χ2v) is 7.47. The first-order chi connectivity index (χ1) is 14.4. The number of hydrogen-bond donors (Lipinski definition) is 1. The van der Waals surface area contributed by atoms with Crippen molar-refractivity contribution in [1.29, 1.82) is 0 Å². The molecule has 0 saturated heterocycles. The number of rotatable bonds is 4. The Morgan fingerprint density at radius 1 is 0.933 bits per heavy atom. The van der Waals surface area contributed by atoms with Crippen LogP contribution in [0.25, 0.3) is 0 Å². The van der Waals surface area contributed by atoms with Crippen LogP contribution in [0.2, 0.25) is 0 Å². The van der Waals surface area contributed by atoms with Crippen molar-refractivity contribution in [2.24, 2.45) is 0 Å². The first-order valence-electron chi connectivity index (χ1n) is 9.73. The van der Waals surface area contributed by atoms with Crippen molar-refractivity contribution < 1.29 is 19.1 Å². The lowest BCUT2D eigenvalue weighted by molar-refractivity contribution is 0.0252. The number of carbonyl (C=O) groups excluding carboxylic acids is 3. The number of esters is 1. The molecule has 150 valence electrons. The van der Waals surface area contributed by atoms with E-state index in [1.165, 1.54) is 6.92 Å². The van der Waals surface area contributed by atoms with Crippen LogP contribution in [-0.2, 0) is 11.2 Å². The molecular formula is C25H21NO4. The summed E-state index contributed by atoms with van der Waals surface area (Å²) in [5.74, 6) is -0.689. The van der Waals surface area contributed by atoms with Crippen LogP contribution in [-0.4, -0.2) is 17.7 Å². The van der Waals surface area contributed by atoms with Crippen LogP contribution in [0, 0.1) is 6.92 Å². The Kier molecular flexibility index (Phi) is 5.19. The van der Waals surface area contributed by atoms with Gasteiger partial charge in [-0.1, -0.05) is 29.8 Å². The number of Topliss-reactive ketones (excluding diaryl/α,β-unsaturated/α-hetero) is 1. The molecular weight excluding hydrogens is 378 g/mol. The molecule has 1 aliphatic rings. The van der Waals surface area contributed by atoms with Gasteiger partial charge in [0.05, 0.1) is 5.56 Å². The average molecular weight is 399 g/mol. The average Bonchev–Trinajstić information content (AvgIpc) is 2.74. The summed E-state index contributed by atoms with van der Waals surface area (Å²) < 4.78 is 5.60. The number of aryl methyl sites for hydroxylation is 1. The van der Waals surface area contributed by atoms with Crippen molar-refractivity contribution in [3.63, 3.8) is 0 Å². The van der Waals surface area contributed by atoms with Crippen molar-refractivity contribution in [1.82, 2.24) is 0 Å². The van der Waals surface area contributed by atoms with Crippen molar-refractivity contribution in [2.75, 3.05) is 5.32 Å². The molecule has 0 saturated carbocycles. The highest BCUT2D eigenvalue weighted by Crippen LogP contribution is 2.31. The minimum Gasteiger partial charge on any atom is -0.454 e. The lowest BCUT2D eigenvalue weighted by atomic mass is 9.92. The maximum atomic E-state index is 12.7. The molecule has 0 aromatic heterocycles. The quantitative estimate of drug-likeness (QED) is 0.500. The summed E-state index contributed by atoms with van der Waals surface area (Å²) in [6, 6.07) is 19.6. The number of carbonyl (C=O) groups is 3.